The normalized spacial score (nSPS) is 18.3. The van der Waals surface area contributed by atoms with E-state index in [1.165, 1.54) is 50.6 Å². The highest BCUT2D eigenvalue weighted by Gasteiger charge is 2.26. The molecule has 1 fully saturated rings. The lowest BCUT2D eigenvalue weighted by molar-refractivity contribution is 0.220. The molecule has 1 aromatic heterocycles. The van der Waals surface area contributed by atoms with E-state index in [1.54, 1.807) is 0 Å². The van der Waals surface area contributed by atoms with Crippen LogP contribution in [0, 0.1) is 5.92 Å². The van der Waals surface area contributed by atoms with Gasteiger partial charge in [-0.05, 0) is 67.0 Å². The Morgan fingerprint density at radius 2 is 2.38 bits per heavy atom. The summed E-state index contributed by atoms with van der Waals surface area (Å²) in [6.45, 7) is 3.44. The molecule has 1 aromatic rings. The van der Waals surface area contributed by atoms with Crippen molar-refractivity contribution >= 4 is 11.3 Å². The van der Waals surface area contributed by atoms with Crippen LogP contribution in [0.5, 0.6) is 0 Å². The molecule has 0 spiro atoms. The van der Waals surface area contributed by atoms with Gasteiger partial charge in [-0.15, -0.1) is 0 Å². The van der Waals surface area contributed by atoms with Crippen LogP contribution in [-0.4, -0.2) is 12.6 Å². The lowest BCUT2D eigenvalue weighted by atomic mass is 9.78. The predicted molar refractivity (Wildman–Crippen MR) is 72.1 cm³/mol. The SMILES string of the molecule is CCCNC(CCc1ccsc1)C1CCC1. The van der Waals surface area contributed by atoms with Gasteiger partial charge in [-0.3, -0.25) is 0 Å². The summed E-state index contributed by atoms with van der Waals surface area (Å²) in [4.78, 5) is 0. The molecule has 1 aliphatic carbocycles. The van der Waals surface area contributed by atoms with Crippen LogP contribution in [0.15, 0.2) is 16.8 Å². The smallest absolute Gasteiger partial charge is 0.00984 e. The van der Waals surface area contributed by atoms with Crippen molar-refractivity contribution in [3.63, 3.8) is 0 Å². The average Bonchev–Trinajstić information content (AvgIpc) is 2.72. The molecule has 1 atom stereocenters. The second-order valence-corrected chi connectivity index (χ2v) is 5.70. The van der Waals surface area contributed by atoms with E-state index < -0.39 is 0 Å². The van der Waals surface area contributed by atoms with E-state index in [0.717, 1.165) is 12.0 Å². The van der Waals surface area contributed by atoms with Crippen molar-refractivity contribution in [3.05, 3.63) is 22.4 Å². The molecular formula is C14H23NS. The third-order valence-electron chi connectivity index (χ3n) is 3.70. The van der Waals surface area contributed by atoms with E-state index in [1.807, 2.05) is 11.3 Å². The molecule has 1 N–H and O–H groups in total. The van der Waals surface area contributed by atoms with Gasteiger partial charge in [0.25, 0.3) is 0 Å². The Kier molecular flexibility index (Phi) is 4.86. The molecule has 1 unspecified atom stereocenters. The predicted octanol–water partition coefficient (Wildman–Crippen LogP) is 3.85. The molecule has 2 rings (SSSR count). The van der Waals surface area contributed by atoms with Gasteiger partial charge in [0.05, 0.1) is 0 Å². The fraction of sp³-hybridized carbons (Fsp3) is 0.714. The minimum Gasteiger partial charge on any atom is -0.314 e. The van der Waals surface area contributed by atoms with Gasteiger partial charge in [-0.1, -0.05) is 13.3 Å². The zero-order valence-corrected chi connectivity index (χ0v) is 11.1. The highest BCUT2D eigenvalue weighted by molar-refractivity contribution is 7.07. The van der Waals surface area contributed by atoms with Crippen molar-refractivity contribution in [2.45, 2.75) is 51.5 Å². The number of rotatable bonds is 7. The van der Waals surface area contributed by atoms with Crippen molar-refractivity contribution in [2.24, 2.45) is 5.92 Å². The number of thiophene rings is 1. The van der Waals surface area contributed by atoms with E-state index in [4.69, 9.17) is 0 Å². The van der Waals surface area contributed by atoms with Crippen LogP contribution in [0.2, 0.25) is 0 Å². The van der Waals surface area contributed by atoms with Gasteiger partial charge in [0.2, 0.25) is 0 Å². The maximum Gasteiger partial charge on any atom is 0.00984 e. The molecule has 0 aromatic carbocycles. The number of aryl methyl sites for hydroxylation is 1. The van der Waals surface area contributed by atoms with Gasteiger partial charge in [0.1, 0.15) is 0 Å². The molecule has 2 heteroatoms. The summed E-state index contributed by atoms with van der Waals surface area (Å²) >= 11 is 1.82. The van der Waals surface area contributed by atoms with Crippen molar-refractivity contribution in [1.29, 1.82) is 0 Å². The van der Waals surface area contributed by atoms with Crippen molar-refractivity contribution in [2.75, 3.05) is 6.54 Å². The first kappa shape index (κ1) is 12.1. The Hall–Kier alpha value is -0.340. The van der Waals surface area contributed by atoms with E-state index >= 15 is 0 Å². The summed E-state index contributed by atoms with van der Waals surface area (Å²) in [6, 6.07) is 3.04. The Labute approximate surface area is 103 Å². The third-order valence-corrected chi connectivity index (χ3v) is 4.43. The molecule has 1 heterocycles. The van der Waals surface area contributed by atoms with Gasteiger partial charge in [-0.25, -0.2) is 0 Å². The summed E-state index contributed by atoms with van der Waals surface area (Å²) in [5.74, 6) is 0.963. The minimum atomic E-state index is 0.772. The van der Waals surface area contributed by atoms with E-state index in [-0.39, 0.29) is 0 Å². The highest BCUT2D eigenvalue weighted by Crippen LogP contribution is 2.31. The molecular weight excluding hydrogens is 214 g/mol. The van der Waals surface area contributed by atoms with E-state index in [2.05, 4.69) is 29.1 Å². The van der Waals surface area contributed by atoms with Crippen LogP contribution < -0.4 is 5.32 Å². The lowest BCUT2D eigenvalue weighted by Gasteiger charge is -2.34. The van der Waals surface area contributed by atoms with Gasteiger partial charge in [-0.2, -0.15) is 11.3 Å². The molecule has 0 bridgehead atoms. The second kappa shape index (κ2) is 6.41. The van der Waals surface area contributed by atoms with Gasteiger partial charge in [0, 0.05) is 6.04 Å². The topological polar surface area (TPSA) is 12.0 Å². The minimum absolute atomic E-state index is 0.772. The van der Waals surface area contributed by atoms with Gasteiger partial charge in [0.15, 0.2) is 0 Å². The van der Waals surface area contributed by atoms with Crippen LogP contribution in [0.4, 0.5) is 0 Å². The molecule has 0 amide bonds. The Morgan fingerprint density at radius 1 is 1.50 bits per heavy atom. The molecule has 90 valence electrons. The molecule has 0 aliphatic heterocycles. The van der Waals surface area contributed by atoms with Crippen LogP contribution in [0.3, 0.4) is 0 Å². The number of hydrogen-bond donors (Lipinski definition) is 1. The van der Waals surface area contributed by atoms with Gasteiger partial charge >= 0.3 is 0 Å². The third kappa shape index (κ3) is 3.33. The van der Waals surface area contributed by atoms with E-state index in [0.29, 0.717) is 0 Å². The maximum absolute atomic E-state index is 3.74. The quantitative estimate of drug-likeness (QED) is 0.759. The summed E-state index contributed by atoms with van der Waals surface area (Å²) in [6.07, 6.45) is 8.17. The zero-order chi connectivity index (χ0) is 11.2. The zero-order valence-electron chi connectivity index (χ0n) is 10.2. The van der Waals surface area contributed by atoms with Crippen molar-refractivity contribution < 1.29 is 0 Å². The second-order valence-electron chi connectivity index (χ2n) is 4.92. The van der Waals surface area contributed by atoms with Crippen LogP contribution in [0.1, 0.15) is 44.6 Å². The van der Waals surface area contributed by atoms with Crippen LogP contribution in [-0.2, 0) is 6.42 Å². The summed E-state index contributed by atoms with van der Waals surface area (Å²) < 4.78 is 0. The molecule has 1 saturated carbocycles. The van der Waals surface area contributed by atoms with Gasteiger partial charge < -0.3 is 5.32 Å². The molecule has 1 aliphatic rings. The Bertz CT molecular complexity index is 277. The van der Waals surface area contributed by atoms with Crippen LogP contribution in [0.25, 0.3) is 0 Å². The largest absolute Gasteiger partial charge is 0.314 e. The first-order valence-electron chi connectivity index (χ1n) is 6.64. The average molecular weight is 237 g/mol. The fourth-order valence-corrected chi connectivity index (χ4v) is 3.14. The fourth-order valence-electron chi connectivity index (χ4n) is 2.43. The number of nitrogens with one attached hydrogen (secondary N) is 1. The van der Waals surface area contributed by atoms with Crippen molar-refractivity contribution in [1.82, 2.24) is 5.32 Å². The van der Waals surface area contributed by atoms with E-state index in [9.17, 15) is 0 Å². The standard InChI is InChI=1S/C14H23NS/c1-2-9-15-14(13-4-3-5-13)7-6-12-8-10-16-11-12/h8,10-11,13-15H,2-7,9H2,1H3. The summed E-state index contributed by atoms with van der Waals surface area (Å²) in [5.41, 5.74) is 1.52. The molecule has 0 saturated heterocycles. The van der Waals surface area contributed by atoms with Crippen LogP contribution >= 0.6 is 11.3 Å². The summed E-state index contributed by atoms with van der Waals surface area (Å²) in [7, 11) is 0. The first-order valence-corrected chi connectivity index (χ1v) is 7.59. The van der Waals surface area contributed by atoms with Crippen molar-refractivity contribution in [3.8, 4) is 0 Å². The lowest BCUT2D eigenvalue weighted by Crippen LogP contribution is -2.40. The number of hydrogen-bond acceptors (Lipinski definition) is 2. The monoisotopic (exact) mass is 237 g/mol. The summed E-state index contributed by atoms with van der Waals surface area (Å²) in [5, 5.41) is 8.21. The maximum atomic E-state index is 3.74. The first-order chi connectivity index (χ1) is 7.90. The molecule has 0 radical (unpaired) electrons. The molecule has 16 heavy (non-hydrogen) atoms. The molecule has 1 nitrogen and oxygen atoms in total. The highest BCUT2D eigenvalue weighted by atomic mass is 32.1. The Morgan fingerprint density at radius 3 is 2.94 bits per heavy atom. The Balaban J connectivity index is 1.76.